The van der Waals surface area contributed by atoms with Crippen LogP contribution >= 0.6 is 0 Å². The summed E-state index contributed by atoms with van der Waals surface area (Å²) in [5, 5.41) is 33.6. The maximum atomic E-state index is 13.3. The third-order valence-electron chi connectivity index (χ3n) is 9.76. The summed E-state index contributed by atoms with van der Waals surface area (Å²) >= 11 is 0. The summed E-state index contributed by atoms with van der Waals surface area (Å²) < 4.78 is 4.63. The number of rotatable bonds is 12. The predicted octanol–water partition coefficient (Wildman–Crippen LogP) is 3.58. The molecule has 0 spiro atoms. The number of carbonyl (C=O) groups is 4. The molecule has 4 heterocycles. The van der Waals surface area contributed by atoms with Gasteiger partial charge in [-0.1, -0.05) is 48.5 Å². The Labute approximate surface area is 305 Å². The van der Waals surface area contributed by atoms with E-state index in [2.05, 4.69) is 35.3 Å². The molecule has 2 saturated heterocycles. The summed E-state index contributed by atoms with van der Waals surface area (Å²) in [5.41, 5.74) is 5.49. The number of likely N-dealkylation sites (tertiary alicyclic amines) is 2. The van der Waals surface area contributed by atoms with Gasteiger partial charge >= 0.3 is 12.2 Å². The van der Waals surface area contributed by atoms with Gasteiger partial charge < -0.3 is 50.5 Å². The van der Waals surface area contributed by atoms with Crippen molar-refractivity contribution in [1.82, 2.24) is 40.4 Å². The number of aliphatic hydroxyl groups excluding tert-OH is 2. The van der Waals surface area contributed by atoms with E-state index in [9.17, 15) is 29.4 Å². The summed E-state index contributed by atoms with van der Waals surface area (Å²) in [6.45, 7) is 2.25. The monoisotopic (exact) mass is 728 g/mol. The number of methoxy groups -OCH3 is 1. The third kappa shape index (κ3) is 8.50. The van der Waals surface area contributed by atoms with Crippen molar-refractivity contribution >= 4 is 24.0 Å². The van der Waals surface area contributed by atoms with E-state index in [0.717, 1.165) is 52.9 Å². The lowest BCUT2D eigenvalue weighted by molar-refractivity contribution is -0.137. The fourth-order valence-corrected chi connectivity index (χ4v) is 7.00. The molecule has 16 nitrogen and oxygen atoms in total. The number of amides is 4. The topological polar surface area (TPSA) is 226 Å². The van der Waals surface area contributed by atoms with Crippen molar-refractivity contribution in [2.45, 2.75) is 69.4 Å². The standard InChI is InChI=1S/C37H44N8O8/c1-21(46)32(43-37(52)53-2)35(49)45-16-4-6-30(45)34-39-20-28(42-34)25-13-9-23(10-14-25)22-7-11-24(12-8-22)27-19-38-33(41-27)29-5-3-15-44(29)31(48)17-26(47)18-40-36(50)51/h7-14,19-21,26,29-30,32,40,46-47H,3-6,15-18H2,1-2H3,(H,38,41)(H,39,42)(H,43,52)(H,50,51)/t21-,26+,29+,30?,32+/m1/s1. The number of nitrogens with one attached hydrogen (secondary N) is 4. The zero-order valence-electron chi connectivity index (χ0n) is 29.5. The SMILES string of the molecule is COC(=O)N[C@H](C(=O)N1CCCC1c1ncc(-c2ccc(-c3ccc(-c4cnc([C@@H]5CCCN5C(=O)C[C@H](O)CNC(=O)O)[nH]4)cc3)cc2)[nH]1)[C@@H](C)O. The van der Waals surface area contributed by atoms with Crippen LogP contribution in [0.1, 0.15) is 62.8 Å². The van der Waals surface area contributed by atoms with Crippen LogP contribution in [-0.4, -0.2) is 114 Å². The molecule has 2 fully saturated rings. The van der Waals surface area contributed by atoms with E-state index < -0.39 is 36.3 Å². The lowest BCUT2D eigenvalue weighted by Gasteiger charge is -2.29. The van der Waals surface area contributed by atoms with Gasteiger partial charge in [0.25, 0.3) is 0 Å². The van der Waals surface area contributed by atoms with Crippen molar-refractivity contribution in [3.63, 3.8) is 0 Å². The van der Waals surface area contributed by atoms with Crippen LogP contribution in [0, 0.1) is 0 Å². The van der Waals surface area contributed by atoms with Gasteiger partial charge in [0.2, 0.25) is 11.8 Å². The van der Waals surface area contributed by atoms with E-state index in [1.54, 1.807) is 22.2 Å². The second-order valence-corrected chi connectivity index (χ2v) is 13.4. The van der Waals surface area contributed by atoms with Crippen molar-refractivity contribution in [3.8, 4) is 33.6 Å². The van der Waals surface area contributed by atoms with Gasteiger partial charge in [0.05, 0.1) is 61.6 Å². The van der Waals surface area contributed by atoms with Crippen molar-refractivity contribution in [3.05, 3.63) is 72.6 Å². The fourth-order valence-electron chi connectivity index (χ4n) is 7.00. The molecule has 280 valence electrons. The van der Waals surface area contributed by atoms with Crippen LogP contribution in [0.15, 0.2) is 60.9 Å². The highest BCUT2D eigenvalue weighted by Gasteiger charge is 2.38. The van der Waals surface area contributed by atoms with Crippen LogP contribution in [0.2, 0.25) is 0 Å². The molecule has 16 heteroatoms. The van der Waals surface area contributed by atoms with Gasteiger partial charge in [-0.3, -0.25) is 9.59 Å². The van der Waals surface area contributed by atoms with Gasteiger partial charge in [0.1, 0.15) is 17.7 Å². The van der Waals surface area contributed by atoms with E-state index in [-0.39, 0.29) is 31.0 Å². The van der Waals surface area contributed by atoms with Gasteiger partial charge in [0, 0.05) is 19.6 Å². The number of carbonyl (C=O) groups excluding carboxylic acids is 3. The van der Waals surface area contributed by atoms with E-state index in [0.29, 0.717) is 31.2 Å². The second kappa shape index (κ2) is 16.3. The zero-order valence-corrected chi connectivity index (χ0v) is 29.5. The highest BCUT2D eigenvalue weighted by atomic mass is 16.5. The molecule has 2 aromatic carbocycles. The van der Waals surface area contributed by atoms with Crippen LogP contribution in [0.25, 0.3) is 33.6 Å². The normalized spacial score (nSPS) is 18.7. The number of aromatic amines is 2. The molecule has 2 aromatic heterocycles. The van der Waals surface area contributed by atoms with Crippen molar-refractivity contribution in [1.29, 1.82) is 0 Å². The molecule has 53 heavy (non-hydrogen) atoms. The molecule has 1 unspecified atom stereocenters. The number of aliphatic hydroxyl groups is 2. The number of benzene rings is 2. The molecule has 0 saturated carbocycles. The average Bonchev–Trinajstić information content (AvgIpc) is 3.99. The fraction of sp³-hybridized carbons (Fsp3) is 0.405. The molecule has 4 amide bonds. The number of nitrogens with zero attached hydrogens (tertiary/aromatic N) is 4. The van der Waals surface area contributed by atoms with Crippen molar-refractivity contribution in [2.75, 3.05) is 26.7 Å². The van der Waals surface area contributed by atoms with Crippen molar-refractivity contribution in [2.24, 2.45) is 0 Å². The predicted molar refractivity (Wildman–Crippen MR) is 192 cm³/mol. The van der Waals surface area contributed by atoms with E-state index in [4.69, 9.17) is 5.11 Å². The molecular weight excluding hydrogens is 684 g/mol. The molecule has 0 bridgehead atoms. The minimum Gasteiger partial charge on any atom is -0.465 e. The molecule has 7 N–H and O–H groups in total. The number of aromatic nitrogens is 4. The lowest BCUT2D eigenvalue weighted by Crippen LogP contribution is -2.53. The van der Waals surface area contributed by atoms with E-state index in [1.807, 2.05) is 48.5 Å². The molecule has 0 radical (unpaired) electrons. The Bertz CT molecular complexity index is 1910. The maximum absolute atomic E-state index is 13.3. The van der Waals surface area contributed by atoms with Crippen LogP contribution in [0.4, 0.5) is 9.59 Å². The van der Waals surface area contributed by atoms with Crippen LogP contribution in [0.3, 0.4) is 0 Å². The van der Waals surface area contributed by atoms with Gasteiger partial charge in [-0.25, -0.2) is 19.6 Å². The molecule has 2 aliphatic heterocycles. The summed E-state index contributed by atoms with van der Waals surface area (Å²) in [5.74, 6) is 0.645. The number of H-pyrrole nitrogens is 2. The Balaban J connectivity index is 1.08. The number of alkyl carbamates (subject to hydrolysis) is 1. The first kappa shape index (κ1) is 37.0. The molecule has 5 atom stereocenters. The molecule has 6 rings (SSSR count). The number of hydrogen-bond donors (Lipinski definition) is 7. The number of imidazole rings is 2. The summed E-state index contributed by atoms with van der Waals surface area (Å²) in [4.78, 5) is 68.0. The molecule has 0 aliphatic carbocycles. The minimum atomic E-state index is -1.25. The third-order valence-corrected chi connectivity index (χ3v) is 9.76. The van der Waals surface area contributed by atoms with Crippen LogP contribution in [-0.2, 0) is 14.3 Å². The van der Waals surface area contributed by atoms with Crippen LogP contribution in [0.5, 0.6) is 0 Å². The Hall–Kier alpha value is -5.74. The average molecular weight is 729 g/mol. The molecular formula is C37H44N8O8. The van der Waals surface area contributed by atoms with Gasteiger partial charge in [-0.15, -0.1) is 0 Å². The summed E-state index contributed by atoms with van der Waals surface area (Å²) in [6, 6.07) is 14.4. The van der Waals surface area contributed by atoms with Gasteiger partial charge in [0.15, 0.2) is 0 Å². The highest BCUT2D eigenvalue weighted by molar-refractivity contribution is 5.87. The first-order valence-electron chi connectivity index (χ1n) is 17.6. The highest BCUT2D eigenvalue weighted by Crippen LogP contribution is 2.34. The Morgan fingerprint density at radius 3 is 1.81 bits per heavy atom. The van der Waals surface area contributed by atoms with E-state index >= 15 is 0 Å². The molecule has 4 aromatic rings. The first-order valence-corrected chi connectivity index (χ1v) is 17.6. The Morgan fingerprint density at radius 2 is 1.32 bits per heavy atom. The second-order valence-electron chi connectivity index (χ2n) is 13.4. The quantitative estimate of drug-likeness (QED) is 0.112. The van der Waals surface area contributed by atoms with Gasteiger partial charge in [-0.05, 0) is 54.9 Å². The Kier molecular flexibility index (Phi) is 11.4. The lowest BCUT2D eigenvalue weighted by atomic mass is 10.0. The number of ether oxygens (including phenoxy) is 1. The summed E-state index contributed by atoms with van der Waals surface area (Å²) in [6.07, 6.45) is 2.02. The minimum absolute atomic E-state index is 0.179. The molecule has 2 aliphatic rings. The number of hydrogen-bond acceptors (Lipinski definition) is 9. The van der Waals surface area contributed by atoms with Crippen molar-refractivity contribution < 1.29 is 39.2 Å². The van der Waals surface area contributed by atoms with Crippen LogP contribution < -0.4 is 10.6 Å². The summed E-state index contributed by atoms with van der Waals surface area (Å²) in [7, 11) is 1.20. The largest absolute Gasteiger partial charge is 0.465 e. The van der Waals surface area contributed by atoms with Gasteiger partial charge in [-0.2, -0.15) is 0 Å². The zero-order chi connectivity index (χ0) is 37.6. The number of carboxylic acid groups (broad SMARTS) is 1. The first-order chi connectivity index (χ1) is 25.5. The maximum Gasteiger partial charge on any atom is 0.407 e. The van der Waals surface area contributed by atoms with E-state index in [1.165, 1.54) is 14.0 Å². The Morgan fingerprint density at radius 1 is 0.830 bits per heavy atom. The smallest absolute Gasteiger partial charge is 0.407 e.